The van der Waals surface area contributed by atoms with Gasteiger partial charge in [0.05, 0.1) is 0 Å². The zero-order chi connectivity index (χ0) is 13.7. The van der Waals surface area contributed by atoms with Gasteiger partial charge < -0.3 is 9.47 Å². The summed E-state index contributed by atoms with van der Waals surface area (Å²) in [4.78, 5) is 30.2. The van der Waals surface area contributed by atoms with Crippen molar-refractivity contribution in [1.29, 1.82) is 5.41 Å². The van der Waals surface area contributed by atoms with Crippen LogP contribution in [0.2, 0.25) is 0 Å². The second-order valence-corrected chi connectivity index (χ2v) is 2.94. The molecule has 0 heterocycles. The lowest BCUT2D eigenvalue weighted by Crippen LogP contribution is -2.13. The van der Waals surface area contributed by atoms with Crippen LogP contribution in [-0.4, -0.2) is 31.2 Å². The van der Waals surface area contributed by atoms with E-state index in [0.717, 1.165) is 6.08 Å². The van der Waals surface area contributed by atoms with Crippen molar-refractivity contribution in [2.45, 2.75) is 26.7 Å². The molecule has 0 rings (SSSR count). The Balaban J connectivity index is 0. The quantitative estimate of drug-likeness (QED) is 0.190. The van der Waals surface area contributed by atoms with Crippen molar-refractivity contribution >= 4 is 18.0 Å². The third-order valence-electron chi connectivity index (χ3n) is 1.43. The number of nitrogens with one attached hydrogen (secondary N) is 1. The Labute approximate surface area is 100 Å². The number of carbonyl (C=O) groups excluding carboxylic acids is 3. The zero-order valence-electron chi connectivity index (χ0n) is 10.1. The molecule has 6 nitrogen and oxygen atoms in total. The van der Waals surface area contributed by atoms with Gasteiger partial charge in [-0.25, -0.2) is 15.0 Å². The van der Waals surface area contributed by atoms with E-state index < -0.39 is 11.9 Å². The largest absolute Gasteiger partial charge is 0.390 e. The summed E-state index contributed by atoms with van der Waals surface area (Å²) >= 11 is 0. The van der Waals surface area contributed by atoms with Crippen molar-refractivity contribution in [3.05, 3.63) is 12.2 Å². The normalized spacial score (nSPS) is 8.35. The molecule has 0 atom stereocenters. The zero-order valence-corrected chi connectivity index (χ0v) is 10.1. The van der Waals surface area contributed by atoms with E-state index in [0.29, 0.717) is 19.6 Å². The van der Waals surface area contributed by atoms with E-state index in [2.05, 4.69) is 11.3 Å². The number of hydrogen-bond acceptors (Lipinski definition) is 6. The molecular formula is C11H17NO5. The van der Waals surface area contributed by atoms with E-state index in [9.17, 15) is 9.59 Å². The Morgan fingerprint density at radius 1 is 1.41 bits per heavy atom. The number of ether oxygens (including phenoxy) is 2. The maximum Gasteiger partial charge on any atom is 0.340 e. The van der Waals surface area contributed by atoms with Gasteiger partial charge in [-0.1, -0.05) is 6.58 Å². The van der Waals surface area contributed by atoms with Crippen molar-refractivity contribution in [3.63, 3.8) is 0 Å². The highest BCUT2D eigenvalue weighted by Gasteiger charge is 2.09. The van der Waals surface area contributed by atoms with E-state index in [1.807, 2.05) is 6.92 Å². The number of rotatable bonds is 6. The highest BCUT2D eigenvalue weighted by molar-refractivity contribution is 5.95. The monoisotopic (exact) mass is 243 g/mol. The van der Waals surface area contributed by atoms with Crippen LogP contribution >= 0.6 is 0 Å². The van der Waals surface area contributed by atoms with Gasteiger partial charge in [0.2, 0.25) is 6.08 Å². The first kappa shape index (κ1) is 17.6. The molecule has 0 aliphatic carbocycles. The van der Waals surface area contributed by atoms with Gasteiger partial charge in [0.15, 0.2) is 0 Å². The molecule has 0 amide bonds. The van der Waals surface area contributed by atoms with Gasteiger partial charge in [0, 0.05) is 25.2 Å². The van der Waals surface area contributed by atoms with Gasteiger partial charge in [0.25, 0.3) is 0 Å². The minimum absolute atomic E-state index is 0.193. The van der Waals surface area contributed by atoms with Gasteiger partial charge in [-0.3, -0.25) is 4.79 Å². The van der Waals surface area contributed by atoms with Crippen molar-refractivity contribution in [3.8, 4) is 0 Å². The van der Waals surface area contributed by atoms with Gasteiger partial charge in [0.1, 0.15) is 0 Å². The molecule has 0 aromatic rings. The van der Waals surface area contributed by atoms with Crippen molar-refractivity contribution in [2.75, 3.05) is 13.2 Å². The fraction of sp³-hybridized carbons (Fsp3) is 0.545. The number of hydrogen-bond donors (Lipinski definition) is 1. The number of isocyanates is 1. The fourth-order valence-corrected chi connectivity index (χ4v) is 0.704. The van der Waals surface area contributed by atoms with Crippen molar-refractivity contribution in [2.24, 2.45) is 0 Å². The Morgan fingerprint density at radius 2 is 1.94 bits per heavy atom. The molecule has 0 saturated heterocycles. The van der Waals surface area contributed by atoms with Gasteiger partial charge in [-0.15, -0.1) is 0 Å². The molecular weight excluding hydrogens is 226 g/mol. The molecule has 17 heavy (non-hydrogen) atoms. The van der Waals surface area contributed by atoms with E-state index in [1.54, 1.807) is 0 Å². The van der Waals surface area contributed by atoms with Crippen molar-refractivity contribution < 1.29 is 23.9 Å². The Hall–Kier alpha value is -1.78. The lowest BCUT2D eigenvalue weighted by atomic mass is 10.3. The minimum Gasteiger partial charge on any atom is -0.390 e. The molecule has 0 spiro atoms. The first-order valence-corrected chi connectivity index (χ1v) is 5.01. The van der Waals surface area contributed by atoms with Crippen LogP contribution in [0.5, 0.6) is 0 Å². The second kappa shape index (κ2) is 12.3. The van der Waals surface area contributed by atoms with Crippen LogP contribution in [0.1, 0.15) is 26.7 Å². The summed E-state index contributed by atoms with van der Waals surface area (Å²) in [7, 11) is 0. The number of esters is 2. The molecule has 0 bridgehead atoms. The van der Waals surface area contributed by atoms with Crippen LogP contribution in [0.15, 0.2) is 12.2 Å². The molecule has 0 radical (unpaired) electrons. The van der Waals surface area contributed by atoms with Gasteiger partial charge >= 0.3 is 11.9 Å². The third-order valence-corrected chi connectivity index (χ3v) is 1.43. The first-order valence-electron chi connectivity index (χ1n) is 5.01. The standard InChI is InChI=1S/C10H16O4.CHNO/c1-4-13-7-5-6-9(11)14-10(12)8(2)3;2-1-3/h2,4-7H2,1,3H3;2H. The topological polar surface area (TPSA) is 93.5 Å². The highest BCUT2D eigenvalue weighted by atomic mass is 16.6. The molecule has 0 aromatic heterocycles. The minimum atomic E-state index is -0.661. The van der Waals surface area contributed by atoms with Crippen LogP contribution in [0.3, 0.4) is 0 Å². The molecule has 96 valence electrons. The average molecular weight is 243 g/mol. The molecule has 0 saturated carbocycles. The van der Waals surface area contributed by atoms with E-state index >= 15 is 0 Å². The summed E-state index contributed by atoms with van der Waals surface area (Å²) in [5.41, 5.74) is 0.225. The maximum absolute atomic E-state index is 11.0. The molecule has 0 fully saturated rings. The molecule has 0 unspecified atom stereocenters. The van der Waals surface area contributed by atoms with Crippen LogP contribution in [-0.2, 0) is 23.9 Å². The van der Waals surface area contributed by atoms with Crippen LogP contribution in [0, 0.1) is 5.41 Å². The summed E-state index contributed by atoms with van der Waals surface area (Å²) in [5.74, 6) is -1.19. The lowest BCUT2D eigenvalue weighted by Gasteiger charge is -2.02. The SMILES string of the molecule is C=C(C)C(=O)OC(=O)CCCOCC.N=C=O. The Kier molecular flexibility index (Phi) is 12.7. The Bertz CT molecular complexity index is 292. The lowest BCUT2D eigenvalue weighted by molar-refractivity contribution is -0.157. The predicted molar refractivity (Wildman–Crippen MR) is 60.1 cm³/mol. The van der Waals surface area contributed by atoms with Crippen molar-refractivity contribution in [1.82, 2.24) is 0 Å². The van der Waals surface area contributed by atoms with E-state index in [4.69, 9.17) is 14.9 Å². The summed E-state index contributed by atoms with van der Waals surface area (Å²) in [6.07, 6.45) is 1.51. The second-order valence-electron chi connectivity index (χ2n) is 2.94. The predicted octanol–water partition coefficient (Wildman–Crippen LogP) is 1.35. The highest BCUT2D eigenvalue weighted by Crippen LogP contribution is 1.98. The Morgan fingerprint density at radius 3 is 2.35 bits per heavy atom. The van der Waals surface area contributed by atoms with Crippen LogP contribution in [0.4, 0.5) is 0 Å². The molecule has 0 aliphatic heterocycles. The summed E-state index contributed by atoms with van der Waals surface area (Å²) in [6.45, 7) is 7.87. The maximum atomic E-state index is 11.0. The summed E-state index contributed by atoms with van der Waals surface area (Å²) in [5, 5.41) is 5.40. The molecule has 6 heteroatoms. The molecule has 0 aliphatic rings. The first-order chi connectivity index (χ1) is 7.99. The summed E-state index contributed by atoms with van der Waals surface area (Å²) in [6, 6.07) is 0. The van der Waals surface area contributed by atoms with Crippen LogP contribution < -0.4 is 0 Å². The average Bonchev–Trinajstić information content (AvgIpc) is 2.25. The molecule has 0 aromatic carbocycles. The van der Waals surface area contributed by atoms with Crippen LogP contribution in [0.25, 0.3) is 0 Å². The van der Waals surface area contributed by atoms with Gasteiger partial charge in [-0.2, -0.15) is 0 Å². The smallest absolute Gasteiger partial charge is 0.340 e. The number of carbonyl (C=O) groups is 2. The summed E-state index contributed by atoms with van der Waals surface area (Å²) < 4.78 is 9.49. The van der Waals surface area contributed by atoms with E-state index in [-0.39, 0.29) is 12.0 Å². The third kappa shape index (κ3) is 14.2. The van der Waals surface area contributed by atoms with Gasteiger partial charge in [-0.05, 0) is 20.3 Å². The molecule has 1 N–H and O–H groups in total. The van der Waals surface area contributed by atoms with E-state index in [1.165, 1.54) is 6.92 Å². The fourth-order valence-electron chi connectivity index (χ4n) is 0.704.